The van der Waals surface area contributed by atoms with E-state index in [0.717, 1.165) is 12.1 Å². The molecule has 0 saturated heterocycles. The van der Waals surface area contributed by atoms with Gasteiger partial charge >= 0.3 is 6.36 Å². The van der Waals surface area contributed by atoms with Crippen molar-refractivity contribution in [2.24, 2.45) is 0 Å². The fourth-order valence-corrected chi connectivity index (χ4v) is 1.02. The van der Waals surface area contributed by atoms with Crippen molar-refractivity contribution >= 4 is 11.6 Å². The molecule has 0 amide bonds. The van der Waals surface area contributed by atoms with Gasteiger partial charge in [0.05, 0.1) is 0 Å². The molecule has 0 fully saturated rings. The zero-order valence-electron chi connectivity index (χ0n) is 6.95. The van der Waals surface area contributed by atoms with Crippen molar-refractivity contribution in [1.82, 2.24) is 0 Å². The van der Waals surface area contributed by atoms with Gasteiger partial charge in [0.1, 0.15) is 0 Å². The standard InChI is InChI=1S/C8H5ClF4O/c1-4-5(9)2-3-6(10)7(4)14-8(11,12)13/h2-3H,1H3. The number of ether oxygens (including phenoxy) is 1. The molecule has 6 heteroatoms. The summed E-state index contributed by atoms with van der Waals surface area (Å²) in [6, 6.07) is 1.98. The summed E-state index contributed by atoms with van der Waals surface area (Å²) in [5, 5.41) is 0.0191. The summed E-state index contributed by atoms with van der Waals surface area (Å²) in [6.07, 6.45) is -4.92. The second-order valence-corrected chi connectivity index (χ2v) is 2.94. The largest absolute Gasteiger partial charge is 0.573 e. The van der Waals surface area contributed by atoms with E-state index in [1.165, 1.54) is 6.92 Å². The average Bonchev–Trinajstić information content (AvgIpc) is 2.04. The Hall–Kier alpha value is -0.970. The van der Waals surface area contributed by atoms with Crippen LogP contribution in [0.15, 0.2) is 12.1 Å². The van der Waals surface area contributed by atoms with E-state index in [9.17, 15) is 17.6 Å². The van der Waals surface area contributed by atoms with E-state index in [0.29, 0.717) is 0 Å². The first-order chi connectivity index (χ1) is 6.31. The lowest BCUT2D eigenvalue weighted by Crippen LogP contribution is -2.18. The van der Waals surface area contributed by atoms with E-state index >= 15 is 0 Å². The van der Waals surface area contributed by atoms with Gasteiger partial charge in [0.15, 0.2) is 11.6 Å². The first kappa shape index (κ1) is 11.1. The van der Waals surface area contributed by atoms with Gasteiger partial charge < -0.3 is 4.74 Å². The molecule has 1 nitrogen and oxygen atoms in total. The van der Waals surface area contributed by atoms with E-state index < -0.39 is 17.9 Å². The van der Waals surface area contributed by atoms with Crippen LogP contribution in [0.3, 0.4) is 0 Å². The van der Waals surface area contributed by atoms with Crippen LogP contribution in [0.25, 0.3) is 0 Å². The Kier molecular flexibility index (Phi) is 2.89. The summed E-state index contributed by atoms with van der Waals surface area (Å²) in [4.78, 5) is 0. The summed E-state index contributed by atoms with van der Waals surface area (Å²) >= 11 is 5.50. The molecular formula is C8H5ClF4O. The zero-order chi connectivity index (χ0) is 10.9. The van der Waals surface area contributed by atoms with Crippen LogP contribution in [0, 0.1) is 12.7 Å². The highest BCUT2D eigenvalue weighted by molar-refractivity contribution is 6.31. The summed E-state index contributed by atoms with van der Waals surface area (Å²) < 4.78 is 51.8. The van der Waals surface area contributed by atoms with Crippen LogP contribution in [0.2, 0.25) is 5.02 Å². The predicted octanol–water partition coefficient (Wildman–Crippen LogP) is 3.69. The Morgan fingerprint density at radius 1 is 1.29 bits per heavy atom. The molecule has 0 radical (unpaired) electrons. The molecule has 1 aromatic carbocycles. The Morgan fingerprint density at radius 3 is 2.36 bits per heavy atom. The predicted molar refractivity (Wildman–Crippen MR) is 42.8 cm³/mol. The third-order valence-corrected chi connectivity index (χ3v) is 1.92. The van der Waals surface area contributed by atoms with Crippen molar-refractivity contribution < 1.29 is 22.3 Å². The van der Waals surface area contributed by atoms with Crippen molar-refractivity contribution in [2.45, 2.75) is 13.3 Å². The van der Waals surface area contributed by atoms with Gasteiger partial charge in [0, 0.05) is 10.6 Å². The number of rotatable bonds is 1. The SMILES string of the molecule is Cc1c(Cl)ccc(F)c1OC(F)(F)F. The minimum absolute atomic E-state index is 0.0191. The van der Waals surface area contributed by atoms with Crippen LogP contribution in [0.5, 0.6) is 5.75 Å². The highest BCUT2D eigenvalue weighted by Crippen LogP contribution is 2.32. The highest BCUT2D eigenvalue weighted by atomic mass is 35.5. The molecule has 0 aromatic heterocycles. The molecule has 0 heterocycles. The Bertz CT molecular complexity index is 348. The van der Waals surface area contributed by atoms with Crippen molar-refractivity contribution in [3.05, 3.63) is 28.5 Å². The fraction of sp³-hybridized carbons (Fsp3) is 0.250. The minimum atomic E-state index is -4.92. The number of hydrogen-bond acceptors (Lipinski definition) is 1. The molecule has 78 valence electrons. The summed E-state index contributed by atoms with van der Waals surface area (Å²) in [5.74, 6) is -1.98. The lowest BCUT2D eigenvalue weighted by molar-refractivity contribution is -0.275. The van der Waals surface area contributed by atoms with Crippen LogP contribution >= 0.6 is 11.6 Å². The molecule has 14 heavy (non-hydrogen) atoms. The molecule has 0 aliphatic carbocycles. The van der Waals surface area contributed by atoms with Crippen LogP contribution in [0.4, 0.5) is 17.6 Å². The van der Waals surface area contributed by atoms with Gasteiger partial charge in [-0.05, 0) is 19.1 Å². The molecule has 0 unspecified atom stereocenters. The van der Waals surface area contributed by atoms with Crippen molar-refractivity contribution in [1.29, 1.82) is 0 Å². The molecule has 0 bridgehead atoms. The lowest BCUT2D eigenvalue weighted by atomic mass is 10.2. The van der Waals surface area contributed by atoms with E-state index in [1.807, 2.05) is 0 Å². The first-order valence-corrected chi connectivity index (χ1v) is 3.89. The Labute approximate surface area is 82.2 Å². The summed E-state index contributed by atoms with van der Waals surface area (Å²) in [6.45, 7) is 1.24. The maximum Gasteiger partial charge on any atom is 0.573 e. The summed E-state index contributed by atoms with van der Waals surface area (Å²) in [5.41, 5.74) is -0.0796. The van der Waals surface area contributed by atoms with Crippen LogP contribution in [-0.2, 0) is 0 Å². The van der Waals surface area contributed by atoms with Gasteiger partial charge in [-0.2, -0.15) is 0 Å². The van der Waals surface area contributed by atoms with Gasteiger partial charge in [-0.25, -0.2) is 4.39 Å². The number of benzene rings is 1. The smallest absolute Gasteiger partial charge is 0.402 e. The minimum Gasteiger partial charge on any atom is -0.402 e. The second-order valence-electron chi connectivity index (χ2n) is 2.53. The lowest BCUT2D eigenvalue weighted by Gasteiger charge is -2.12. The summed E-state index contributed by atoms with van der Waals surface area (Å²) in [7, 11) is 0. The van der Waals surface area contributed by atoms with E-state index in [1.54, 1.807) is 0 Å². The number of halogens is 5. The van der Waals surface area contributed by atoms with Gasteiger partial charge in [-0.1, -0.05) is 11.6 Å². The van der Waals surface area contributed by atoms with Crippen molar-refractivity contribution in [2.75, 3.05) is 0 Å². The maximum atomic E-state index is 12.9. The van der Waals surface area contributed by atoms with Gasteiger partial charge in [0.2, 0.25) is 0 Å². The third-order valence-electron chi connectivity index (χ3n) is 1.51. The van der Waals surface area contributed by atoms with E-state index in [4.69, 9.17) is 11.6 Å². The van der Waals surface area contributed by atoms with Crippen molar-refractivity contribution in [3.8, 4) is 5.75 Å². The molecule has 1 aromatic rings. The number of hydrogen-bond donors (Lipinski definition) is 0. The fourth-order valence-electron chi connectivity index (χ4n) is 0.876. The second kappa shape index (κ2) is 3.65. The van der Waals surface area contributed by atoms with Crippen LogP contribution < -0.4 is 4.74 Å². The molecule has 0 atom stereocenters. The normalized spacial score (nSPS) is 11.6. The maximum absolute atomic E-state index is 12.9. The molecule has 0 aliphatic heterocycles. The molecular weight excluding hydrogens is 224 g/mol. The molecule has 0 N–H and O–H groups in total. The Morgan fingerprint density at radius 2 is 1.86 bits per heavy atom. The van der Waals surface area contributed by atoms with E-state index in [-0.39, 0.29) is 10.6 Å². The zero-order valence-corrected chi connectivity index (χ0v) is 7.71. The highest BCUT2D eigenvalue weighted by Gasteiger charge is 2.33. The molecule has 1 rings (SSSR count). The molecule has 0 aliphatic rings. The average molecular weight is 229 g/mol. The first-order valence-electron chi connectivity index (χ1n) is 3.51. The van der Waals surface area contributed by atoms with Crippen LogP contribution in [0.1, 0.15) is 5.56 Å². The molecule has 0 saturated carbocycles. The van der Waals surface area contributed by atoms with Gasteiger partial charge in [-0.15, -0.1) is 13.2 Å². The molecule has 0 spiro atoms. The number of alkyl halides is 3. The van der Waals surface area contributed by atoms with Crippen molar-refractivity contribution in [3.63, 3.8) is 0 Å². The van der Waals surface area contributed by atoms with Crippen LogP contribution in [-0.4, -0.2) is 6.36 Å². The Balaban J connectivity index is 3.13. The van der Waals surface area contributed by atoms with Gasteiger partial charge in [0.25, 0.3) is 0 Å². The third kappa shape index (κ3) is 2.51. The van der Waals surface area contributed by atoms with Gasteiger partial charge in [-0.3, -0.25) is 0 Å². The monoisotopic (exact) mass is 228 g/mol. The topological polar surface area (TPSA) is 9.23 Å². The quantitative estimate of drug-likeness (QED) is 0.666. The van der Waals surface area contributed by atoms with E-state index in [2.05, 4.69) is 4.74 Å².